The van der Waals surface area contributed by atoms with Crippen LogP contribution in [-0.4, -0.2) is 44.2 Å². The van der Waals surface area contributed by atoms with Gasteiger partial charge in [0.05, 0.1) is 54.4 Å². The second kappa shape index (κ2) is 14.4. The maximum atomic E-state index is 14.2. The third-order valence-electron chi connectivity index (χ3n) is 6.23. The largest absolute Gasteiger partial charge is 0.473 e. The number of hydrogen-bond acceptors (Lipinski definition) is 8. The number of methoxy groups -OCH3 is 2. The number of amides is 1. The highest BCUT2D eigenvalue weighted by molar-refractivity contribution is 5.98. The number of nitrogens with one attached hydrogen (secondary N) is 2. The number of nitriles is 1. The summed E-state index contributed by atoms with van der Waals surface area (Å²) in [6, 6.07) is 23.7. The molecule has 0 aliphatic carbocycles. The number of anilines is 2. The number of carbonyl (C=O) groups is 2. The Bertz CT molecular complexity index is 1600. The van der Waals surface area contributed by atoms with Gasteiger partial charge in [-0.2, -0.15) is 5.26 Å². The van der Waals surface area contributed by atoms with Crippen molar-refractivity contribution in [1.82, 2.24) is 4.98 Å². The minimum atomic E-state index is -0.514. The highest BCUT2D eigenvalue weighted by atomic mass is 19.1. The van der Waals surface area contributed by atoms with Gasteiger partial charge in [0.2, 0.25) is 11.8 Å². The smallest absolute Gasteiger partial charge is 0.337 e. The van der Waals surface area contributed by atoms with Crippen molar-refractivity contribution in [3.63, 3.8) is 0 Å². The van der Waals surface area contributed by atoms with Crippen LogP contribution in [0.3, 0.4) is 0 Å². The van der Waals surface area contributed by atoms with E-state index in [1.54, 1.807) is 37.4 Å². The lowest BCUT2D eigenvalue weighted by atomic mass is 10.1. The fraction of sp³-hybridized carbons (Fsp3) is 0.188. The zero-order valence-corrected chi connectivity index (χ0v) is 23.1. The Hall–Kier alpha value is -5.27. The molecule has 4 rings (SSSR count). The number of aromatic nitrogens is 1. The fourth-order valence-electron chi connectivity index (χ4n) is 4.05. The van der Waals surface area contributed by atoms with Gasteiger partial charge in [-0.1, -0.05) is 36.4 Å². The Morgan fingerprint density at radius 2 is 1.79 bits per heavy atom. The number of pyridine rings is 1. The van der Waals surface area contributed by atoms with Gasteiger partial charge in [-0.25, -0.2) is 14.2 Å². The Kier molecular flexibility index (Phi) is 10.2. The van der Waals surface area contributed by atoms with E-state index in [-0.39, 0.29) is 24.5 Å². The van der Waals surface area contributed by atoms with Crippen LogP contribution in [0.2, 0.25) is 0 Å². The molecular weight excluding hydrogens is 539 g/mol. The molecule has 0 aliphatic heterocycles. The third kappa shape index (κ3) is 7.90. The molecule has 4 aromatic rings. The average Bonchev–Trinajstić information content (AvgIpc) is 3.01. The Balaban J connectivity index is 1.40. The van der Waals surface area contributed by atoms with E-state index in [0.717, 1.165) is 11.1 Å². The minimum absolute atomic E-state index is 0.0335. The summed E-state index contributed by atoms with van der Waals surface area (Å²) >= 11 is 0. The van der Waals surface area contributed by atoms with Crippen LogP contribution in [0.5, 0.6) is 5.88 Å². The van der Waals surface area contributed by atoms with Gasteiger partial charge in [0.1, 0.15) is 12.4 Å². The van der Waals surface area contributed by atoms with E-state index in [0.29, 0.717) is 47.2 Å². The maximum Gasteiger partial charge on any atom is 0.337 e. The Labute approximate surface area is 242 Å². The van der Waals surface area contributed by atoms with Crippen molar-refractivity contribution < 1.29 is 28.2 Å². The SMILES string of the molecule is COCCNc1ccc(C(=O)OC)cc1NC(=O)Cc1ccc(-c2cccc(OCc3ccc(C#N)cc3F)n2)cc1. The summed E-state index contributed by atoms with van der Waals surface area (Å²) in [6.45, 7) is 0.956. The molecular formula is C32H29FN4O5. The van der Waals surface area contributed by atoms with E-state index in [4.69, 9.17) is 19.5 Å². The van der Waals surface area contributed by atoms with Crippen LogP contribution in [0, 0.1) is 17.1 Å². The molecule has 3 aromatic carbocycles. The quantitative estimate of drug-likeness (QED) is 0.173. The minimum Gasteiger partial charge on any atom is -0.473 e. The molecule has 0 saturated heterocycles. The Morgan fingerprint density at radius 3 is 2.50 bits per heavy atom. The first-order chi connectivity index (χ1) is 20.4. The molecule has 214 valence electrons. The molecule has 10 heteroatoms. The molecule has 1 amide bonds. The zero-order chi connectivity index (χ0) is 29.9. The predicted octanol–water partition coefficient (Wildman–Crippen LogP) is 5.36. The van der Waals surface area contributed by atoms with E-state index >= 15 is 0 Å². The van der Waals surface area contributed by atoms with Gasteiger partial charge < -0.3 is 24.8 Å². The highest BCUT2D eigenvalue weighted by Gasteiger charge is 2.13. The second-order valence-corrected chi connectivity index (χ2v) is 9.16. The molecule has 0 fully saturated rings. The van der Waals surface area contributed by atoms with Gasteiger partial charge in [0, 0.05) is 30.8 Å². The molecule has 2 N–H and O–H groups in total. The van der Waals surface area contributed by atoms with E-state index in [9.17, 15) is 14.0 Å². The molecule has 1 aromatic heterocycles. The molecule has 0 unspecified atom stereocenters. The van der Waals surface area contributed by atoms with Crippen LogP contribution in [0.25, 0.3) is 11.3 Å². The first kappa shape index (κ1) is 29.7. The van der Waals surface area contributed by atoms with E-state index < -0.39 is 11.8 Å². The first-order valence-corrected chi connectivity index (χ1v) is 13.0. The zero-order valence-electron chi connectivity index (χ0n) is 23.1. The summed E-state index contributed by atoms with van der Waals surface area (Å²) in [5.41, 5.74) is 4.22. The number of hydrogen-bond donors (Lipinski definition) is 2. The van der Waals surface area contributed by atoms with E-state index in [1.165, 1.54) is 25.3 Å². The van der Waals surface area contributed by atoms with Crippen molar-refractivity contribution in [1.29, 1.82) is 5.26 Å². The van der Waals surface area contributed by atoms with Crippen LogP contribution in [0.15, 0.2) is 78.9 Å². The first-order valence-electron chi connectivity index (χ1n) is 13.0. The van der Waals surface area contributed by atoms with Crippen LogP contribution >= 0.6 is 0 Å². The van der Waals surface area contributed by atoms with Gasteiger partial charge >= 0.3 is 5.97 Å². The molecule has 0 spiro atoms. The van der Waals surface area contributed by atoms with Crippen LogP contribution < -0.4 is 15.4 Å². The van der Waals surface area contributed by atoms with Gasteiger partial charge in [-0.15, -0.1) is 0 Å². The molecule has 1 heterocycles. The van der Waals surface area contributed by atoms with Crippen molar-refractivity contribution in [2.24, 2.45) is 0 Å². The van der Waals surface area contributed by atoms with Crippen molar-refractivity contribution in [3.05, 3.63) is 107 Å². The van der Waals surface area contributed by atoms with Gasteiger partial charge in [0.25, 0.3) is 0 Å². The van der Waals surface area contributed by atoms with Crippen LogP contribution in [0.4, 0.5) is 15.8 Å². The molecule has 0 saturated carbocycles. The molecule has 42 heavy (non-hydrogen) atoms. The second-order valence-electron chi connectivity index (χ2n) is 9.16. The number of carbonyl (C=O) groups excluding carboxylic acids is 2. The monoisotopic (exact) mass is 568 g/mol. The maximum absolute atomic E-state index is 14.2. The summed E-state index contributed by atoms with van der Waals surface area (Å²) in [5, 5.41) is 15.0. The van der Waals surface area contributed by atoms with Gasteiger partial charge in [-0.05, 0) is 42.0 Å². The number of ether oxygens (including phenoxy) is 3. The summed E-state index contributed by atoms with van der Waals surface area (Å²) in [4.78, 5) is 29.4. The number of halogens is 1. The van der Waals surface area contributed by atoms with E-state index in [2.05, 4.69) is 15.6 Å². The fourth-order valence-corrected chi connectivity index (χ4v) is 4.05. The molecule has 9 nitrogen and oxygen atoms in total. The van der Waals surface area contributed by atoms with Crippen LogP contribution in [0.1, 0.15) is 27.0 Å². The van der Waals surface area contributed by atoms with Gasteiger partial charge in [-0.3, -0.25) is 4.79 Å². The number of nitrogens with zero attached hydrogens (tertiary/aromatic N) is 2. The lowest BCUT2D eigenvalue weighted by Crippen LogP contribution is -2.17. The lowest BCUT2D eigenvalue weighted by molar-refractivity contribution is -0.115. The van der Waals surface area contributed by atoms with Crippen molar-refractivity contribution in [2.75, 3.05) is 38.0 Å². The van der Waals surface area contributed by atoms with Gasteiger partial charge in [0.15, 0.2) is 0 Å². The summed E-state index contributed by atoms with van der Waals surface area (Å²) < 4.78 is 29.7. The summed E-state index contributed by atoms with van der Waals surface area (Å²) in [6.07, 6.45) is 0.104. The third-order valence-corrected chi connectivity index (χ3v) is 6.23. The summed E-state index contributed by atoms with van der Waals surface area (Å²) in [5.74, 6) is -0.958. The molecule has 0 aliphatic rings. The lowest BCUT2D eigenvalue weighted by Gasteiger charge is -2.14. The topological polar surface area (TPSA) is 123 Å². The number of rotatable bonds is 12. The Morgan fingerprint density at radius 1 is 0.976 bits per heavy atom. The van der Waals surface area contributed by atoms with Crippen molar-refractivity contribution >= 4 is 23.3 Å². The average molecular weight is 569 g/mol. The van der Waals surface area contributed by atoms with Crippen molar-refractivity contribution in [2.45, 2.75) is 13.0 Å². The normalized spacial score (nSPS) is 10.4. The van der Waals surface area contributed by atoms with Crippen molar-refractivity contribution in [3.8, 4) is 23.2 Å². The molecule has 0 bridgehead atoms. The predicted molar refractivity (Wildman–Crippen MR) is 156 cm³/mol. The number of benzene rings is 3. The molecule has 0 radical (unpaired) electrons. The standard InChI is InChI=1S/C32H29FN4O5/c1-40-15-14-35-28-13-12-24(32(39)41-2)18-29(28)36-30(38)17-21-6-9-23(10-7-21)27-4-3-5-31(37-27)42-20-25-11-8-22(19-34)16-26(25)33/h3-13,16,18,35H,14-15,17,20H2,1-2H3,(H,36,38). The number of esters is 1. The molecule has 0 atom stereocenters. The highest BCUT2D eigenvalue weighted by Crippen LogP contribution is 2.25. The van der Waals surface area contributed by atoms with E-state index in [1.807, 2.05) is 36.4 Å². The van der Waals surface area contributed by atoms with Crippen LogP contribution in [-0.2, 0) is 27.3 Å². The summed E-state index contributed by atoms with van der Waals surface area (Å²) in [7, 11) is 2.89.